The lowest BCUT2D eigenvalue weighted by Crippen LogP contribution is -2.40. The fourth-order valence-corrected chi connectivity index (χ4v) is 3.75. The van der Waals surface area contributed by atoms with Gasteiger partial charge in [-0.15, -0.1) is 0 Å². The molecule has 0 aliphatic rings. The van der Waals surface area contributed by atoms with Gasteiger partial charge < -0.3 is 15.3 Å². The lowest BCUT2D eigenvalue weighted by Gasteiger charge is -2.13. The van der Waals surface area contributed by atoms with E-state index in [2.05, 4.69) is 36.9 Å². The summed E-state index contributed by atoms with van der Waals surface area (Å²) in [5, 5.41) is 11.6. The third kappa shape index (κ3) is 20.3. The van der Waals surface area contributed by atoms with Crippen LogP contribution in [-0.4, -0.2) is 54.3 Å². The van der Waals surface area contributed by atoms with Crippen LogP contribution >= 0.6 is 12.6 Å². The van der Waals surface area contributed by atoms with Gasteiger partial charge >= 0.3 is 5.97 Å². The maximum absolute atomic E-state index is 11.8. The number of hydrogen-bond acceptors (Lipinski definition) is 4. The van der Waals surface area contributed by atoms with E-state index < -0.39 is 12.0 Å². The predicted octanol–water partition coefficient (Wildman–Crippen LogP) is 5.29. The van der Waals surface area contributed by atoms with Gasteiger partial charge in [-0.05, 0) is 45.7 Å². The fourth-order valence-electron chi connectivity index (χ4n) is 3.49. The number of carboxylic acids is 1. The lowest BCUT2D eigenvalue weighted by molar-refractivity contribution is -0.141. The molecule has 0 saturated heterocycles. The Morgan fingerprint density at radius 2 is 1.21 bits per heavy atom. The molecule has 0 saturated carbocycles. The molecule has 0 aromatic heterocycles. The Morgan fingerprint density at radius 1 is 0.793 bits per heavy atom. The van der Waals surface area contributed by atoms with E-state index in [0.29, 0.717) is 18.6 Å². The van der Waals surface area contributed by atoms with Crippen LogP contribution in [0.25, 0.3) is 0 Å². The van der Waals surface area contributed by atoms with Gasteiger partial charge in [-0.2, -0.15) is 12.6 Å². The highest BCUT2D eigenvalue weighted by Crippen LogP contribution is 2.13. The van der Waals surface area contributed by atoms with E-state index in [1.807, 2.05) is 0 Å². The maximum atomic E-state index is 11.8. The zero-order chi connectivity index (χ0) is 21.7. The van der Waals surface area contributed by atoms with Crippen molar-refractivity contribution in [3.8, 4) is 0 Å². The van der Waals surface area contributed by atoms with Gasteiger partial charge in [0.2, 0.25) is 5.91 Å². The SMILES string of the molecule is CN(C)CCCCCCCCCCCCCCCCC(=O)NC(CCS)C(=O)O. The number of carboxylic acid groups (broad SMARTS) is 1. The standard InChI is InChI=1S/C23H46N2O3S/c1-25(2)19-16-14-12-10-8-6-4-3-5-7-9-11-13-15-17-22(26)24-21(18-20-29)23(27)28/h21,29H,3-20H2,1-2H3,(H,24,26)(H,27,28). The van der Waals surface area contributed by atoms with Crippen molar-refractivity contribution < 1.29 is 14.7 Å². The summed E-state index contributed by atoms with van der Waals surface area (Å²) >= 11 is 4.03. The average Bonchev–Trinajstić information content (AvgIpc) is 2.67. The minimum absolute atomic E-state index is 0.156. The van der Waals surface area contributed by atoms with Crippen molar-refractivity contribution in [2.75, 3.05) is 26.4 Å². The van der Waals surface area contributed by atoms with Crippen molar-refractivity contribution >= 4 is 24.5 Å². The number of amides is 1. The molecule has 6 heteroatoms. The summed E-state index contributed by atoms with van der Waals surface area (Å²) in [5.74, 6) is -0.682. The third-order valence-electron chi connectivity index (χ3n) is 5.31. The Morgan fingerprint density at radius 3 is 1.59 bits per heavy atom. The van der Waals surface area contributed by atoms with Gasteiger partial charge in [0.1, 0.15) is 6.04 Å². The van der Waals surface area contributed by atoms with Gasteiger partial charge in [-0.25, -0.2) is 4.79 Å². The van der Waals surface area contributed by atoms with E-state index >= 15 is 0 Å². The average molecular weight is 431 g/mol. The monoisotopic (exact) mass is 430 g/mol. The molecular formula is C23H46N2O3S. The molecule has 0 aliphatic heterocycles. The van der Waals surface area contributed by atoms with Crippen LogP contribution in [0.4, 0.5) is 0 Å². The van der Waals surface area contributed by atoms with Crippen LogP contribution < -0.4 is 5.32 Å². The zero-order valence-corrected chi connectivity index (χ0v) is 19.9. The molecule has 2 N–H and O–H groups in total. The van der Waals surface area contributed by atoms with E-state index in [9.17, 15) is 9.59 Å². The molecule has 0 aliphatic carbocycles. The van der Waals surface area contributed by atoms with Crippen molar-refractivity contribution in [3.63, 3.8) is 0 Å². The van der Waals surface area contributed by atoms with Crippen LogP contribution in [0.15, 0.2) is 0 Å². The summed E-state index contributed by atoms with van der Waals surface area (Å²) in [4.78, 5) is 25.1. The van der Waals surface area contributed by atoms with Crippen LogP contribution in [0.3, 0.4) is 0 Å². The van der Waals surface area contributed by atoms with E-state index in [0.717, 1.165) is 12.8 Å². The van der Waals surface area contributed by atoms with Gasteiger partial charge in [-0.3, -0.25) is 4.79 Å². The number of nitrogens with zero attached hydrogens (tertiary/aromatic N) is 1. The van der Waals surface area contributed by atoms with Gasteiger partial charge in [-0.1, -0.05) is 77.0 Å². The smallest absolute Gasteiger partial charge is 0.326 e. The summed E-state index contributed by atoms with van der Waals surface area (Å²) in [6, 6.07) is -0.803. The van der Waals surface area contributed by atoms with Crippen molar-refractivity contribution in [1.82, 2.24) is 10.2 Å². The van der Waals surface area contributed by atoms with Crippen LogP contribution in [0, 0.1) is 0 Å². The molecule has 0 spiro atoms. The van der Waals surface area contributed by atoms with Crippen molar-refractivity contribution in [2.24, 2.45) is 0 Å². The number of hydrogen-bond donors (Lipinski definition) is 3. The van der Waals surface area contributed by atoms with Crippen LogP contribution in [0.2, 0.25) is 0 Å². The zero-order valence-electron chi connectivity index (χ0n) is 19.0. The normalized spacial score (nSPS) is 12.3. The van der Waals surface area contributed by atoms with E-state index in [4.69, 9.17) is 5.11 Å². The molecule has 0 heterocycles. The number of thiol groups is 1. The number of rotatable bonds is 21. The highest BCUT2D eigenvalue weighted by Gasteiger charge is 2.18. The quantitative estimate of drug-likeness (QED) is 0.171. The largest absolute Gasteiger partial charge is 0.480 e. The summed E-state index contributed by atoms with van der Waals surface area (Å²) in [7, 11) is 4.29. The molecule has 0 bridgehead atoms. The Kier molecular flexibility index (Phi) is 20.0. The molecule has 0 rings (SSSR count). The summed E-state index contributed by atoms with van der Waals surface area (Å²) in [6.07, 6.45) is 18.7. The number of carbonyl (C=O) groups excluding carboxylic acids is 1. The topological polar surface area (TPSA) is 69.6 Å². The first-order valence-electron chi connectivity index (χ1n) is 11.7. The summed E-state index contributed by atoms with van der Waals surface area (Å²) in [6.45, 7) is 1.22. The number of unbranched alkanes of at least 4 members (excludes halogenated alkanes) is 13. The fraction of sp³-hybridized carbons (Fsp3) is 0.913. The number of carbonyl (C=O) groups is 2. The summed E-state index contributed by atoms with van der Waals surface area (Å²) < 4.78 is 0. The molecule has 172 valence electrons. The van der Waals surface area contributed by atoms with E-state index in [-0.39, 0.29) is 5.91 Å². The molecule has 5 nitrogen and oxygen atoms in total. The van der Waals surface area contributed by atoms with Crippen LogP contribution in [0.1, 0.15) is 103 Å². The van der Waals surface area contributed by atoms with E-state index in [1.165, 1.54) is 83.6 Å². The van der Waals surface area contributed by atoms with Crippen LogP contribution in [0.5, 0.6) is 0 Å². The highest BCUT2D eigenvalue weighted by molar-refractivity contribution is 7.80. The van der Waals surface area contributed by atoms with Gasteiger partial charge in [0.05, 0.1) is 0 Å². The second-order valence-electron chi connectivity index (χ2n) is 8.47. The molecular weight excluding hydrogens is 384 g/mol. The molecule has 0 radical (unpaired) electrons. The van der Waals surface area contributed by atoms with Gasteiger partial charge in [0, 0.05) is 6.42 Å². The first-order valence-corrected chi connectivity index (χ1v) is 12.4. The molecule has 1 atom stereocenters. The Hall–Kier alpha value is -0.750. The number of nitrogens with one attached hydrogen (secondary N) is 1. The number of aliphatic carboxylic acids is 1. The Labute approximate surface area is 184 Å². The predicted molar refractivity (Wildman–Crippen MR) is 126 cm³/mol. The van der Waals surface area contributed by atoms with Crippen molar-refractivity contribution in [3.05, 3.63) is 0 Å². The lowest BCUT2D eigenvalue weighted by atomic mass is 10.0. The molecule has 29 heavy (non-hydrogen) atoms. The second-order valence-corrected chi connectivity index (χ2v) is 8.92. The first-order chi connectivity index (χ1) is 14.0. The van der Waals surface area contributed by atoms with Crippen LogP contribution in [-0.2, 0) is 9.59 Å². The first kappa shape index (κ1) is 28.2. The molecule has 0 aromatic rings. The minimum atomic E-state index is -0.979. The molecule has 1 unspecified atom stereocenters. The minimum Gasteiger partial charge on any atom is -0.480 e. The van der Waals surface area contributed by atoms with E-state index in [1.54, 1.807) is 0 Å². The molecule has 0 aromatic carbocycles. The molecule has 0 fully saturated rings. The maximum Gasteiger partial charge on any atom is 0.326 e. The van der Waals surface area contributed by atoms with Crippen molar-refractivity contribution in [2.45, 2.75) is 109 Å². The highest BCUT2D eigenvalue weighted by atomic mass is 32.1. The second kappa shape index (κ2) is 20.5. The Balaban J connectivity index is 3.31. The Bertz CT molecular complexity index is 406. The molecule has 1 amide bonds. The van der Waals surface area contributed by atoms with Gasteiger partial charge in [0.25, 0.3) is 0 Å². The third-order valence-corrected chi connectivity index (χ3v) is 5.57. The van der Waals surface area contributed by atoms with Crippen molar-refractivity contribution in [1.29, 1.82) is 0 Å². The summed E-state index contributed by atoms with van der Waals surface area (Å²) in [5.41, 5.74) is 0. The van der Waals surface area contributed by atoms with Gasteiger partial charge in [0.15, 0.2) is 0 Å².